The van der Waals surface area contributed by atoms with E-state index in [0.717, 1.165) is 50.5 Å². The largest absolute Gasteiger partial charge is 0.444 e. The van der Waals surface area contributed by atoms with Crippen LogP contribution in [0.25, 0.3) is 0 Å². The van der Waals surface area contributed by atoms with E-state index in [0.29, 0.717) is 24.7 Å². The maximum atomic E-state index is 14.8. The number of allylic oxidation sites excluding steroid dienone is 4. The first kappa shape index (κ1) is 34.6. The van der Waals surface area contributed by atoms with Crippen molar-refractivity contribution < 1.29 is 23.6 Å². The van der Waals surface area contributed by atoms with Crippen molar-refractivity contribution in [3.05, 3.63) is 35.0 Å². The molecule has 0 radical (unpaired) electrons. The van der Waals surface area contributed by atoms with Gasteiger partial charge in [-0.15, -0.1) is 0 Å². The molecule has 0 aliphatic heterocycles. The fourth-order valence-electron chi connectivity index (χ4n) is 11.2. The van der Waals surface area contributed by atoms with Crippen LogP contribution in [0.4, 0.5) is 4.79 Å². The third-order valence-electron chi connectivity index (χ3n) is 13.8. The number of nitriles is 1. The van der Waals surface area contributed by atoms with E-state index >= 15 is 0 Å². The molecule has 6 rings (SSSR count). The van der Waals surface area contributed by atoms with Gasteiger partial charge in [0.2, 0.25) is 5.89 Å². The van der Waals surface area contributed by atoms with E-state index in [1.165, 1.54) is 0 Å². The lowest BCUT2D eigenvalue weighted by Crippen LogP contribution is -2.65. The zero-order chi connectivity index (χ0) is 35.3. The van der Waals surface area contributed by atoms with Gasteiger partial charge in [0.25, 0.3) is 0 Å². The molecule has 0 aromatic carbocycles. The minimum absolute atomic E-state index is 0.0137. The number of carbonyl (C=O) groups is 3. The smallest absolute Gasteiger partial charge is 0.407 e. The number of hydrogen-bond acceptors (Lipinski definition) is 8. The topological polar surface area (TPSA) is 135 Å². The quantitative estimate of drug-likeness (QED) is 0.349. The van der Waals surface area contributed by atoms with Crippen molar-refractivity contribution in [2.75, 3.05) is 6.54 Å². The van der Waals surface area contributed by atoms with Crippen LogP contribution >= 0.6 is 0 Å². The van der Waals surface area contributed by atoms with Crippen molar-refractivity contribution in [3.8, 4) is 6.07 Å². The van der Waals surface area contributed by atoms with Crippen LogP contribution in [0.2, 0.25) is 0 Å². The second-order valence-electron chi connectivity index (χ2n) is 18.6. The number of nitrogens with zero attached hydrogens (tertiary/aromatic N) is 3. The highest BCUT2D eigenvalue weighted by molar-refractivity contribution is 6.04. The second-order valence-corrected chi connectivity index (χ2v) is 18.6. The molecular weight excluding hydrogens is 604 g/mol. The van der Waals surface area contributed by atoms with Crippen LogP contribution in [0.5, 0.6) is 0 Å². The van der Waals surface area contributed by atoms with Crippen LogP contribution in [0.3, 0.4) is 0 Å². The third kappa shape index (κ3) is 5.02. The Kier molecular flexibility index (Phi) is 7.82. The molecule has 0 spiro atoms. The molecule has 0 bridgehead atoms. The summed E-state index contributed by atoms with van der Waals surface area (Å²) in [6.45, 7) is 21.2. The summed E-state index contributed by atoms with van der Waals surface area (Å²) in [5, 5.41) is 17.1. The first-order chi connectivity index (χ1) is 22.1. The number of Topliss-reactive ketones (excluding diaryl/α,β-unsaturated/α-hetero) is 1. The van der Waals surface area contributed by atoms with Gasteiger partial charge >= 0.3 is 6.09 Å². The fraction of sp³-hybridized carbons (Fsp3) is 0.744. The van der Waals surface area contributed by atoms with Crippen LogP contribution < -0.4 is 5.32 Å². The van der Waals surface area contributed by atoms with Gasteiger partial charge in [0.15, 0.2) is 17.4 Å². The standard InChI is InChI=1S/C39H54N4O5/c1-33(2,3)47-32(46)41-18-12-28-42-31(48-43-28)39-16-14-34(4,5)21-24(39)29-25(44)19-27-36(8)20-23(22-40)30(45)35(6,7)26(36)11-13-37(27,9)38(29,10)15-17-39/h19-20,24,26,29H,11-18,21H2,1-10H3,(H,41,46)/t24?,26-,29?,36-,37+,38+,39-/m0/s1. The van der Waals surface area contributed by atoms with Gasteiger partial charge in [-0.25, -0.2) is 4.79 Å². The highest BCUT2D eigenvalue weighted by atomic mass is 16.6. The summed E-state index contributed by atoms with van der Waals surface area (Å²) in [6.07, 6.45) is 9.98. The number of amides is 1. The highest BCUT2D eigenvalue weighted by Gasteiger charge is 2.70. The van der Waals surface area contributed by atoms with Crippen LogP contribution in [0.15, 0.2) is 27.8 Å². The Labute approximate surface area is 285 Å². The molecule has 3 fully saturated rings. The molecule has 48 heavy (non-hydrogen) atoms. The van der Waals surface area contributed by atoms with Gasteiger partial charge < -0.3 is 14.6 Å². The number of carbonyl (C=O) groups excluding carboxylic acids is 3. The monoisotopic (exact) mass is 658 g/mol. The normalized spacial score (nSPS) is 38.2. The predicted molar refractivity (Wildman–Crippen MR) is 180 cm³/mol. The Morgan fingerprint density at radius 2 is 1.75 bits per heavy atom. The lowest BCUT2D eigenvalue weighted by Gasteiger charge is -2.68. The van der Waals surface area contributed by atoms with Crippen LogP contribution in [0.1, 0.15) is 126 Å². The Hall–Kier alpha value is -3.28. The summed E-state index contributed by atoms with van der Waals surface area (Å²) in [7, 11) is 0. The van der Waals surface area contributed by atoms with Crippen LogP contribution in [-0.2, 0) is 26.2 Å². The van der Waals surface area contributed by atoms with Gasteiger partial charge in [-0.1, -0.05) is 65.3 Å². The predicted octanol–water partition coefficient (Wildman–Crippen LogP) is 7.61. The fourth-order valence-corrected chi connectivity index (χ4v) is 11.2. The maximum absolute atomic E-state index is 14.8. The average molecular weight is 659 g/mol. The first-order valence-corrected chi connectivity index (χ1v) is 17.9. The number of alkyl carbamates (subject to hydrolysis) is 1. The third-order valence-corrected chi connectivity index (χ3v) is 13.8. The number of ether oxygens (including phenoxy) is 1. The number of ketones is 2. The number of fused-ring (bicyclic) bond motifs is 7. The summed E-state index contributed by atoms with van der Waals surface area (Å²) in [5.74, 6) is 1.04. The average Bonchev–Trinajstić information content (AvgIpc) is 3.44. The van der Waals surface area contributed by atoms with Crippen molar-refractivity contribution in [3.63, 3.8) is 0 Å². The van der Waals surface area contributed by atoms with Crippen molar-refractivity contribution in [1.82, 2.24) is 15.5 Å². The minimum atomic E-state index is -0.690. The van der Waals surface area contributed by atoms with E-state index in [1.54, 1.807) is 0 Å². The Morgan fingerprint density at radius 1 is 1.06 bits per heavy atom. The molecule has 9 nitrogen and oxygen atoms in total. The molecule has 3 saturated carbocycles. The van der Waals surface area contributed by atoms with Gasteiger partial charge in [-0.3, -0.25) is 9.59 Å². The van der Waals surface area contributed by atoms with Crippen molar-refractivity contribution >= 4 is 17.7 Å². The molecule has 9 heteroatoms. The molecule has 7 atom stereocenters. The zero-order valence-corrected chi connectivity index (χ0v) is 30.6. The number of rotatable bonds is 4. The number of nitrogens with one attached hydrogen (secondary N) is 1. The van der Waals surface area contributed by atoms with Gasteiger partial charge in [0.05, 0.1) is 11.0 Å². The van der Waals surface area contributed by atoms with E-state index in [-0.39, 0.29) is 51.1 Å². The first-order valence-electron chi connectivity index (χ1n) is 17.9. The molecule has 1 aromatic heterocycles. The van der Waals surface area contributed by atoms with Crippen molar-refractivity contribution in [1.29, 1.82) is 5.26 Å². The van der Waals surface area contributed by atoms with Gasteiger partial charge in [0, 0.05) is 29.7 Å². The molecule has 5 aliphatic carbocycles. The number of hydrogen-bond donors (Lipinski definition) is 1. The molecular formula is C39H54N4O5. The molecule has 2 unspecified atom stereocenters. The van der Waals surface area contributed by atoms with Crippen molar-refractivity contribution in [2.24, 2.45) is 44.8 Å². The van der Waals surface area contributed by atoms with E-state index in [1.807, 2.05) is 46.8 Å². The highest BCUT2D eigenvalue weighted by Crippen LogP contribution is 2.74. The summed E-state index contributed by atoms with van der Waals surface area (Å²) in [4.78, 5) is 45.3. The van der Waals surface area contributed by atoms with Gasteiger partial charge in [-0.05, 0) is 99.9 Å². The molecule has 1 heterocycles. The summed E-state index contributed by atoms with van der Waals surface area (Å²) < 4.78 is 11.5. The molecule has 1 amide bonds. The maximum Gasteiger partial charge on any atom is 0.407 e. The summed E-state index contributed by atoms with van der Waals surface area (Å²) in [5.41, 5.74) is -1.47. The lowest BCUT2D eigenvalue weighted by molar-refractivity contribution is -0.161. The Balaban J connectivity index is 1.37. The van der Waals surface area contributed by atoms with Gasteiger partial charge in [0.1, 0.15) is 11.7 Å². The SMILES string of the molecule is CC1(C)CC[C@]2(c3nc(CCNC(=O)OC(C)(C)C)no3)CC[C@]3(C)C(C(=O)C=C4[C@@]5(C)C=C(C#N)C(=O)C(C)(C)[C@@H]5CC[C@]43C)C2C1. The molecule has 1 N–H and O–H groups in total. The van der Waals surface area contributed by atoms with Crippen LogP contribution in [0, 0.1) is 56.2 Å². The zero-order valence-electron chi connectivity index (χ0n) is 30.6. The molecule has 260 valence electrons. The molecule has 1 aromatic rings. The second kappa shape index (κ2) is 10.9. The van der Waals surface area contributed by atoms with Crippen molar-refractivity contribution in [2.45, 2.75) is 132 Å². The summed E-state index contributed by atoms with van der Waals surface area (Å²) in [6, 6.07) is 2.20. The Bertz CT molecular complexity index is 1650. The molecule has 0 saturated heterocycles. The lowest BCUT2D eigenvalue weighted by atomic mass is 9.34. The Morgan fingerprint density at radius 3 is 2.42 bits per heavy atom. The minimum Gasteiger partial charge on any atom is -0.444 e. The van der Waals surface area contributed by atoms with E-state index in [9.17, 15) is 19.6 Å². The van der Waals surface area contributed by atoms with E-state index in [4.69, 9.17) is 14.2 Å². The number of aromatic nitrogens is 2. The summed E-state index contributed by atoms with van der Waals surface area (Å²) >= 11 is 0. The van der Waals surface area contributed by atoms with E-state index in [2.05, 4.69) is 51.2 Å². The molecule has 5 aliphatic rings. The van der Waals surface area contributed by atoms with Gasteiger partial charge in [-0.2, -0.15) is 10.2 Å². The van der Waals surface area contributed by atoms with E-state index < -0.39 is 27.9 Å². The van der Waals surface area contributed by atoms with Crippen LogP contribution in [-0.4, -0.2) is 39.9 Å².